The number of rotatable bonds is 7. The van der Waals surface area contributed by atoms with Crippen molar-refractivity contribution in [1.29, 1.82) is 0 Å². The Balaban J connectivity index is 3.02. The molecule has 0 saturated carbocycles. The van der Waals surface area contributed by atoms with E-state index in [9.17, 15) is 14.0 Å². The van der Waals surface area contributed by atoms with E-state index < -0.39 is 17.8 Å². The number of hydrogen-bond acceptors (Lipinski definition) is 6. The molecule has 7 heteroatoms. The van der Waals surface area contributed by atoms with Gasteiger partial charge in [0.1, 0.15) is 0 Å². The Kier molecular flexibility index (Phi) is 6.88. The maximum atomic E-state index is 14.0. The van der Waals surface area contributed by atoms with Crippen molar-refractivity contribution in [3.05, 3.63) is 35.8 Å². The summed E-state index contributed by atoms with van der Waals surface area (Å²) in [6.07, 6.45) is 1.05. The third-order valence-corrected chi connectivity index (χ3v) is 2.55. The minimum atomic E-state index is -0.850. The highest BCUT2D eigenvalue weighted by molar-refractivity contribution is 6.14. The zero-order valence-corrected chi connectivity index (χ0v) is 12.6. The fourth-order valence-corrected chi connectivity index (χ4v) is 1.55. The maximum absolute atomic E-state index is 14.0. The first kappa shape index (κ1) is 17.5. The van der Waals surface area contributed by atoms with Crippen molar-refractivity contribution < 1.29 is 28.2 Å². The van der Waals surface area contributed by atoms with Crippen LogP contribution >= 0.6 is 0 Å². The molecule has 0 amide bonds. The van der Waals surface area contributed by atoms with Gasteiger partial charge in [-0.1, -0.05) is 6.07 Å². The summed E-state index contributed by atoms with van der Waals surface area (Å²) in [5.41, 5.74) is -0.309. The number of anilines is 1. The standard InChI is InChI=1S/C15H18FNO5/c1-4-21-14(18)10(15(19)22-5-2)9-17-11-7-6-8-12(20-3)13(11)16/h6-9,17H,4-5H2,1-3H3. The fourth-order valence-electron chi connectivity index (χ4n) is 1.55. The lowest BCUT2D eigenvalue weighted by Crippen LogP contribution is -2.19. The van der Waals surface area contributed by atoms with Crippen LogP contribution in [0, 0.1) is 5.82 Å². The molecular weight excluding hydrogens is 293 g/mol. The van der Waals surface area contributed by atoms with Crippen LogP contribution in [0.4, 0.5) is 10.1 Å². The van der Waals surface area contributed by atoms with Crippen LogP contribution in [0.25, 0.3) is 0 Å². The van der Waals surface area contributed by atoms with Crippen molar-refractivity contribution in [3.63, 3.8) is 0 Å². The summed E-state index contributed by atoms with van der Waals surface area (Å²) in [6, 6.07) is 4.44. The molecule has 0 heterocycles. The summed E-state index contributed by atoms with van der Waals surface area (Å²) in [7, 11) is 1.33. The molecule has 0 aliphatic carbocycles. The number of nitrogens with one attached hydrogen (secondary N) is 1. The third-order valence-electron chi connectivity index (χ3n) is 2.55. The lowest BCUT2D eigenvalue weighted by Gasteiger charge is -2.09. The van der Waals surface area contributed by atoms with Gasteiger partial charge < -0.3 is 19.5 Å². The predicted molar refractivity (Wildman–Crippen MR) is 77.9 cm³/mol. The summed E-state index contributed by atoms with van der Waals surface area (Å²) in [5, 5.41) is 2.55. The van der Waals surface area contributed by atoms with Crippen molar-refractivity contribution in [3.8, 4) is 5.75 Å². The number of ether oxygens (including phenoxy) is 3. The number of carbonyl (C=O) groups excluding carboxylic acids is 2. The van der Waals surface area contributed by atoms with Crippen molar-refractivity contribution in [2.24, 2.45) is 0 Å². The second kappa shape index (κ2) is 8.66. The second-order valence-corrected chi connectivity index (χ2v) is 3.97. The molecular formula is C15H18FNO5. The Morgan fingerprint density at radius 1 is 1.18 bits per heavy atom. The molecule has 120 valence electrons. The minimum absolute atomic E-state index is 0.0345. The monoisotopic (exact) mass is 311 g/mol. The zero-order chi connectivity index (χ0) is 16.5. The van der Waals surface area contributed by atoms with Gasteiger partial charge in [0.25, 0.3) is 0 Å². The average molecular weight is 311 g/mol. The van der Waals surface area contributed by atoms with Gasteiger partial charge >= 0.3 is 11.9 Å². The van der Waals surface area contributed by atoms with E-state index in [0.29, 0.717) is 0 Å². The van der Waals surface area contributed by atoms with E-state index in [0.717, 1.165) is 6.20 Å². The van der Waals surface area contributed by atoms with Crippen LogP contribution < -0.4 is 10.1 Å². The average Bonchev–Trinajstić information content (AvgIpc) is 2.49. The van der Waals surface area contributed by atoms with E-state index in [1.807, 2.05) is 0 Å². The number of methoxy groups -OCH3 is 1. The van der Waals surface area contributed by atoms with Crippen molar-refractivity contribution in [2.45, 2.75) is 13.8 Å². The lowest BCUT2D eigenvalue weighted by atomic mass is 10.2. The number of benzene rings is 1. The predicted octanol–water partition coefficient (Wildman–Crippen LogP) is 2.26. The van der Waals surface area contributed by atoms with Gasteiger partial charge in [0.15, 0.2) is 17.1 Å². The number of halogens is 1. The molecule has 0 saturated heterocycles. The lowest BCUT2D eigenvalue weighted by molar-refractivity contribution is -0.146. The van der Waals surface area contributed by atoms with Gasteiger partial charge in [0.2, 0.25) is 0 Å². The van der Waals surface area contributed by atoms with Gasteiger partial charge in [-0.25, -0.2) is 14.0 Å². The van der Waals surface area contributed by atoms with Crippen LogP contribution in [0.5, 0.6) is 5.75 Å². The first-order valence-electron chi connectivity index (χ1n) is 6.68. The molecule has 1 rings (SSSR count). The van der Waals surface area contributed by atoms with Crippen LogP contribution in [-0.2, 0) is 19.1 Å². The largest absolute Gasteiger partial charge is 0.494 e. The third kappa shape index (κ3) is 4.47. The molecule has 1 N–H and O–H groups in total. The highest BCUT2D eigenvalue weighted by Crippen LogP contribution is 2.24. The van der Waals surface area contributed by atoms with Crippen LogP contribution in [0.15, 0.2) is 30.0 Å². The molecule has 0 atom stereocenters. The first-order chi connectivity index (χ1) is 10.5. The minimum Gasteiger partial charge on any atom is -0.494 e. The molecule has 0 spiro atoms. The molecule has 1 aromatic rings. The van der Waals surface area contributed by atoms with E-state index >= 15 is 0 Å². The van der Waals surface area contributed by atoms with Crippen molar-refractivity contribution in [2.75, 3.05) is 25.6 Å². The SMILES string of the molecule is CCOC(=O)C(=CNc1cccc(OC)c1F)C(=O)OCC. The summed E-state index contributed by atoms with van der Waals surface area (Å²) in [4.78, 5) is 23.5. The molecule has 6 nitrogen and oxygen atoms in total. The van der Waals surface area contributed by atoms with E-state index in [-0.39, 0.29) is 30.2 Å². The normalized spacial score (nSPS) is 9.64. The van der Waals surface area contributed by atoms with E-state index in [1.165, 1.54) is 19.2 Å². The Hall–Kier alpha value is -2.57. The van der Waals surface area contributed by atoms with Gasteiger partial charge in [0.05, 0.1) is 26.0 Å². The number of hydrogen-bond donors (Lipinski definition) is 1. The quantitative estimate of drug-likeness (QED) is 0.360. The number of esters is 2. The molecule has 0 aliphatic rings. The molecule has 0 aliphatic heterocycles. The van der Waals surface area contributed by atoms with Gasteiger partial charge in [-0.3, -0.25) is 0 Å². The van der Waals surface area contributed by atoms with Crippen molar-refractivity contribution in [1.82, 2.24) is 0 Å². The molecule has 0 unspecified atom stereocenters. The second-order valence-electron chi connectivity index (χ2n) is 3.97. The summed E-state index contributed by atoms with van der Waals surface area (Å²) >= 11 is 0. The van der Waals surface area contributed by atoms with Crippen LogP contribution in [-0.4, -0.2) is 32.3 Å². The van der Waals surface area contributed by atoms with Gasteiger partial charge in [-0.15, -0.1) is 0 Å². The van der Waals surface area contributed by atoms with Crippen molar-refractivity contribution >= 4 is 17.6 Å². The topological polar surface area (TPSA) is 73.9 Å². The van der Waals surface area contributed by atoms with Crippen LogP contribution in [0.2, 0.25) is 0 Å². The first-order valence-corrected chi connectivity index (χ1v) is 6.68. The smallest absolute Gasteiger partial charge is 0.347 e. The summed E-state index contributed by atoms with van der Waals surface area (Å²) < 4.78 is 28.4. The Bertz CT molecular complexity index is 551. The van der Waals surface area contributed by atoms with E-state index in [2.05, 4.69) is 5.32 Å². The van der Waals surface area contributed by atoms with Crippen LogP contribution in [0.3, 0.4) is 0 Å². The zero-order valence-electron chi connectivity index (χ0n) is 12.6. The summed E-state index contributed by atoms with van der Waals surface area (Å²) in [6.45, 7) is 3.41. The highest BCUT2D eigenvalue weighted by atomic mass is 19.1. The molecule has 22 heavy (non-hydrogen) atoms. The van der Waals surface area contributed by atoms with E-state index in [1.54, 1.807) is 19.9 Å². The molecule has 0 aromatic heterocycles. The highest BCUT2D eigenvalue weighted by Gasteiger charge is 2.21. The number of carbonyl (C=O) groups is 2. The molecule has 0 bridgehead atoms. The Morgan fingerprint density at radius 3 is 2.27 bits per heavy atom. The Labute approximate surface area is 127 Å². The van der Waals surface area contributed by atoms with Gasteiger partial charge in [-0.2, -0.15) is 0 Å². The summed E-state index contributed by atoms with van der Waals surface area (Å²) in [5.74, 6) is -2.31. The van der Waals surface area contributed by atoms with Gasteiger partial charge in [0, 0.05) is 6.20 Å². The van der Waals surface area contributed by atoms with E-state index in [4.69, 9.17) is 14.2 Å². The maximum Gasteiger partial charge on any atom is 0.347 e. The molecule has 0 fully saturated rings. The van der Waals surface area contributed by atoms with Gasteiger partial charge in [-0.05, 0) is 26.0 Å². The molecule has 0 radical (unpaired) electrons. The fraction of sp³-hybridized carbons (Fsp3) is 0.333. The molecule has 1 aromatic carbocycles. The Morgan fingerprint density at radius 2 is 1.77 bits per heavy atom. The van der Waals surface area contributed by atoms with Crippen LogP contribution in [0.1, 0.15) is 13.8 Å².